The van der Waals surface area contributed by atoms with Gasteiger partial charge in [-0.15, -0.1) is 0 Å². The lowest BCUT2D eigenvalue weighted by Crippen LogP contribution is -2.20. The number of ether oxygens (including phenoxy) is 1. The molecule has 0 aromatic heterocycles. The van der Waals surface area contributed by atoms with Gasteiger partial charge >= 0.3 is 0 Å². The Labute approximate surface area is 136 Å². The van der Waals surface area contributed by atoms with Crippen LogP contribution in [-0.4, -0.2) is 75.3 Å². The van der Waals surface area contributed by atoms with Crippen LogP contribution >= 0.6 is 0 Å². The van der Waals surface area contributed by atoms with E-state index in [0.717, 1.165) is 0 Å². The minimum Gasteiger partial charge on any atom is -0.508 e. The number of nitrogens with zero attached hydrogens (tertiary/aromatic N) is 2. The third-order valence-electron chi connectivity index (χ3n) is 1.65. The number of hydrogen-bond donors (Lipinski definition) is 6. The topological polar surface area (TPSA) is 189 Å². The van der Waals surface area contributed by atoms with E-state index in [1.54, 1.807) is 0 Å². The number of aliphatic hydroxyl groups is 4. The highest BCUT2D eigenvalue weighted by Crippen LogP contribution is 2.13. The third-order valence-corrected chi connectivity index (χ3v) is 1.65. The maximum atomic E-state index is 9.20. The third kappa shape index (κ3) is 21.7. The van der Waals surface area contributed by atoms with E-state index in [9.17, 15) is 9.59 Å². The Morgan fingerprint density at radius 2 is 1.17 bits per heavy atom. The lowest BCUT2D eigenvalue weighted by Gasteiger charge is -2.05. The molecule has 0 fully saturated rings. The molecule has 0 spiro atoms. The molecule has 1 aromatic carbocycles. The highest BCUT2D eigenvalue weighted by molar-refractivity contribution is 5.35. The Kier molecular flexibility index (Phi) is 16.5. The Morgan fingerprint density at radius 3 is 1.42 bits per heavy atom. The molecule has 24 heavy (non-hydrogen) atoms. The molecule has 0 aliphatic heterocycles. The van der Waals surface area contributed by atoms with Gasteiger partial charge in [-0.1, -0.05) is 0 Å². The van der Waals surface area contributed by atoms with Crippen LogP contribution in [0.15, 0.2) is 34.3 Å². The quantitative estimate of drug-likeness (QED) is 0.151. The second-order valence-corrected chi connectivity index (χ2v) is 3.66. The first-order valence-electron chi connectivity index (χ1n) is 6.18. The van der Waals surface area contributed by atoms with Crippen LogP contribution in [0.4, 0.5) is 0 Å². The summed E-state index contributed by atoms with van der Waals surface area (Å²) in [6, 6.07) is 5.70. The number of aliphatic imine (C=N–C) groups is 2. The van der Waals surface area contributed by atoms with E-state index in [2.05, 4.69) is 14.7 Å². The zero-order valence-corrected chi connectivity index (χ0v) is 12.4. The van der Waals surface area contributed by atoms with Gasteiger partial charge in [-0.05, 0) is 24.3 Å². The van der Waals surface area contributed by atoms with Crippen LogP contribution in [-0.2, 0) is 14.3 Å². The van der Waals surface area contributed by atoms with E-state index in [1.165, 1.54) is 36.4 Å². The highest BCUT2D eigenvalue weighted by Gasteiger charge is 1.99. The van der Waals surface area contributed by atoms with Crippen molar-refractivity contribution in [3.63, 3.8) is 0 Å². The molecule has 0 saturated carbocycles. The van der Waals surface area contributed by atoms with Crippen molar-refractivity contribution in [1.29, 1.82) is 0 Å². The fraction of sp³-hybridized carbons (Fsp3) is 0.385. The van der Waals surface area contributed by atoms with Crippen LogP contribution in [0.25, 0.3) is 0 Å². The largest absolute Gasteiger partial charge is 0.508 e. The van der Waals surface area contributed by atoms with Gasteiger partial charge in [-0.3, -0.25) is 0 Å². The van der Waals surface area contributed by atoms with E-state index in [1.807, 2.05) is 0 Å². The summed E-state index contributed by atoms with van der Waals surface area (Å²) in [6.45, 7) is -0.776. The minimum atomic E-state index is -1.55. The Morgan fingerprint density at radius 1 is 0.833 bits per heavy atom. The average Bonchev–Trinajstić information content (AvgIpc) is 2.51. The standard InChI is InChI=1S/C6H6O2.C4H10O5.C3H2N2O2/c7-5-1-2-6(8)4-3-5;5-3(6)1-9-2-4(7)8;6-2-4-1-5-3-7/h1-4,7-8H;3-8H,1-2H2;1H2. The fourth-order valence-corrected chi connectivity index (χ4v) is 0.825. The van der Waals surface area contributed by atoms with Gasteiger partial charge in [0.05, 0.1) is 13.2 Å². The van der Waals surface area contributed by atoms with Gasteiger partial charge in [-0.2, -0.15) is 9.98 Å². The van der Waals surface area contributed by atoms with Crippen molar-refractivity contribution in [2.24, 2.45) is 9.98 Å². The summed E-state index contributed by atoms with van der Waals surface area (Å²) in [5.41, 5.74) is 0. The first-order chi connectivity index (χ1) is 11.3. The van der Waals surface area contributed by atoms with Crippen molar-refractivity contribution in [2.75, 3.05) is 19.9 Å². The van der Waals surface area contributed by atoms with Gasteiger partial charge in [0.1, 0.15) is 11.5 Å². The van der Waals surface area contributed by atoms with Gasteiger partial charge in [0, 0.05) is 0 Å². The van der Waals surface area contributed by atoms with Gasteiger partial charge in [0.25, 0.3) is 0 Å². The van der Waals surface area contributed by atoms with Gasteiger partial charge in [0.15, 0.2) is 19.2 Å². The second-order valence-electron chi connectivity index (χ2n) is 3.66. The molecule has 0 saturated heterocycles. The van der Waals surface area contributed by atoms with E-state index < -0.39 is 12.6 Å². The maximum absolute atomic E-state index is 9.20. The van der Waals surface area contributed by atoms with Crippen molar-refractivity contribution in [3.8, 4) is 11.5 Å². The zero-order chi connectivity index (χ0) is 18.8. The summed E-state index contributed by atoms with van der Waals surface area (Å²) < 4.78 is 4.36. The molecule has 0 radical (unpaired) electrons. The summed E-state index contributed by atoms with van der Waals surface area (Å²) >= 11 is 0. The van der Waals surface area contributed by atoms with Crippen molar-refractivity contribution < 1.29 is 45.0 Å². The number of rotatable bonds is 6. The Hall–Kier alpha value is -2.62. The number of isocyanates is 2. The van der Waals surface area contributed by atoms with Crippen molar-refractivity contribution >= 4 is 12.2 Å². The van der Waals surface area contributed by atoms with E-state index in [0.29, 0.717) is 0 Å². The van der Waals surface area contributed by atoms with Crippen molar-refractivity contribution in [3.05, 3.63) is 24.3 Å². The predicted molar refractivity (Wildman–Crippen MR) is 78.2 cm³/mol. The molecule has 6 N–H and O–H groups in total. The number of phenols is 2. The Bertz CT molecular complexity index is 462. The smallest absolute Gasteiger partial charge is 0.236 e. The minimum absolute atomic E-state index is 0.160. The molecule has 1 rings (SSSR count). The SMILES string of the molecule is O=C=NCN=C=O.OC(O)COCC(O)O.Oc1ccc(O)cc1. The molecule has 11 heteroatoms. The van der Waals surface area contributed by atoms with Crippen LogP contribution in [0.3, 0.4) is 0 Å². The molecule has 0 unspecified atom stereocenters. The van der Waals surface area contributed by atoms with E-state index in [4.69, 9.17) is 30.6 Å². The molecule has 0 atom stereocenters. The summed E-state index contributed by atoms with van der Waals surface area (Å²) in [5, 5.41) is 49.8. The molecule has 0 aliphatic rings. The molecular weight excluding hydrogens is 328 g/mol. The Balaban J connectivity index is 0. The molecular formula is C13H18N2O9. The summed E-state index contributed by atoms with van der Waals surface area (Å²) in [5.74, 6) is 0.339. The lowest BCUT2D eigenvalue weighted by molar-refractivity contribution is -0.138. The van der Waals surface area contributed by atoms with Gasteiger partial charge < -0.3 is 35.4 Å². The lowest BCUT2D eigenvalue weighted by atomic mass is 10.3. The normalized spacial score (nSPS) is 8.92. The predicted octanol–water partition coefficient (Wildman–Crippen LogP) is -1.66. The van der Waals surface area contributed by atoms with Crippen molar-refractivity contribution in [1.82, 2.24) is 0 Å². The molecule has 0 bridgehead atoms. The summed E-state index contributed by atoms with van der Waals surface area (Å²) in [6.07, 6.45) is -0.694. The summed E-state index contributed by atoms with van der Waals surface area (Å²) in [4.78, 5) is 24.2. The number of benzene rings is 1. The number of aromatic hydroxyl groups is 2. The highest BCUT2D eigenvalue weighted by atomic mass is 16.6. The second kappa shape index (κ2) is 16.7. The fourth-order valence-electron chi connectivity index (χ4n) is 0.825. The number of hydrogen-bond acceptors (Lipinski definition) is 11. The first-order valence-corrected chi connectivity index (χ1v) is 6.18. The first kappa shape index (κ1) is 23.6. The monoisotopic (exact) mass is 346 g/mol. The maximum Gasteiger partial charge on any atom is 0.236 e. The van der Waals surface area contributed by atoms with E-state index >= 15 is 0 Å². The van der Waals surface area contributed by atoms with Gasteiger partial charge in [-0.25, -0.2) is 9.59 Å². The molecule has 134 valence electrons. The molecule has 1 aromatic rings. The number of phenolic OH excluding ortho intramolecular Hbond substituents is 2. The van der Waals surface area contributed by atoms with Crippen LogP contribution in [0.1, 0.15) is 0 Å². The van der Waals surface area contributed by atoms with E-state index in [-0.39, 0.29) is 31.4 Å². The average molecular weight is 346 g/mol. The number of aliphatic hydroxyl groups excluding tert-OH is 2. The molecule has 0 amide bonds. The van der Waals surface area contributed by atoms with Crippen LogP contribution < -0.4 is 0 Å². The molecule has 0 heterocycles. The zero-order valence-electron chi connectivity index (χ0n) is 12.4. The summed E-state index contributed by atoms with van der Waals surface area (Å²) in [7, 11) is 0. The number of carbonyl (C=O) groups excluding carboxylic acids is 2. The van der Waals surface area contributed by atoms with Crippen LogP contribution in [0, 0.1) is 0 Å². The molecule has 0 aliphatic carbocycles. The van der Waals surface area contributed by atoms with Gasteiger partial charge in [0.2, 0.25) is 12.2 Å². The van der Waals surface area contributed by atoms with Crippen LogP contribution in [0.5, 0.6) is 11.5 Å². The molecule has 11 nitrogen and oxygen atoms in total. The van der Waals surface area contributed by atoms with Crippen molar-refractivity contribution in [2.45, 2.75) is 12.6 Å². The van der Waals surface area contributed by atoms with Crippen LogP contribution in [0.2, 0.25) is 0 Å².